The summed E-state index contributed by atoms with van der Waals surface area (Å²) in [5.74, 6) is -1.95. The maximum absolute atomic E-state index is 12.0. The molecule has 0 radical (unpaired) electrons. The van der Waals surface area contributed by atoms with Crippen molar-refractivity contribution in [1.82, 2.24) is 0 Å². The molecule has 2 atom stereocenters. The van der Waals surface area contributed by atoms with E-state index >= 15 is 0 Å². The lowest BCUT2D eigenvalue weighted by Gasteiger charge is -2.16. The number of rotatable bonds is 6. The number of Topliss-reactive ketones (excluding diaryl/α,β-unsaturated/α-hetero) is 1. The zero-order valence-electron chi connectivity index (χ0n) is 10.5. The van der Waals surface area contributed by atoms with Gasteiger partial charge in [-0.25, -0.2) is 0 Å². The van der Waals surface area contributed by atoms with Gasteiger partial charge in [0, 0.05) is 17.9 Å². The highest BCUT2D eigenvalue weighted by atomic mass is 16.5. The van der Waals surface area contributed by atoms with Gasteiger partial charge in [0.25, 0.3) is 0 Å². The van der Waals surface area contributed by atoms with Crippen molar-refractivity contribution in [2.75, 3.05) is 7.11 Å². The summed E-state index contributed by atoms with van der Waals surface area (Å²) >= 11 is 0. The molecule has 4 nitrogen and oxygen atoms in total. The molecule has 18 heavy (non-hydrogen) atoms. The lowest BCUT2D eigenvalue weighted by atomic mass is 9.88. The monoisotopic (exact) mass is 248 g/mol. The zero-order chi connectivity index (χ0) is 13.5. The topological polar surface area (TPSA) is 60.4 Å². The molecule has 1 rings (SSSR count). The van der Waals surface area contributed by atoms with Crippen LogP contribution in [0.3, 0.4) is 0 Å². The Bertz CT molecular complexity index is 425. The molecular weight excluding hydrogens is 232 g/mol. The number of carbonyl (C=O) groups is 3. The third kappa shape index (κ3) is 3.52. The molecule has 0 saturated carbocycles. The van der Waals surface area contributed by atoms with Gasteiger partial charge in [0.2, 0.25) is 0 Å². The van der Waals surface area contributed by atoms with Gasteiger partial charge < -0.3 is 9.53 Å². The van der Waals surface area contributed by atoms with E-state index < -0.39 is 17.8 Å². The smallest absolute Gasteiger partial charge is 0.309 e. The third-order valence-electron chi connectivity index (χ3n) is 2.85. The fourth-order valence-corrected chi connectivity index (χ4v) is 1.67. The number of hydrogen-bond acceptors (Lipinski definition) is 4. The van der Waals surface area contributed by atoms with Gasteiger partial charge in [0.15, 0.2) is 5.78 Å². The normalized spacial score (nSPS) is 13.4. The third-order valence-corrected chi connectivity index (χ3v) is 2.85. The first-order chi connectivity index (χ1) is 8.60. The Labute approximate surface area is 106 Å². The molecule has 0 aliphatic heterocycles. The Hall–Kier alpha value is -1.97. The van der Waals surface area contributed by atoms with Crippen LogP contribution in [-0.4, -0.2) is 25.1 Å². The van der Waals surface area contributed by atoms with Crippen LogP contribution in [0.5, 0.6) is 0 Å². The van der Waals surface area contributed by atoms with Crippen LogP contribution < -0.4 is 0 Å². The largest absolute Gasteiger partial charge is 0.469 e. The van der Waals surface area contributed by atoms with Gasteiger partial charge in [-0.2, -0.15) is 0 Å². The SMILES string of the molecule is COC(=O)[C@@H](CC(=O)c1ccccc1)[C@@H](C)C=O. The first kappa shape index (κ1) is 14.1. The van der Waals surface area contributed by atoms with E-state index in [1.165, 1.54) is 7.11 Å². The molecule has 0 amide bonds. The first-order valence-corrected chi connectivity index (χ1v) is 5.71. The van der Waals surface area contributed by atoms with Crippen molar-refractivity contribution in [2.45, 2.75) is 13.3 Å². The van der Waals surface area contributed by atoms with Gasteiger partial charge in [-0.3, -0.25) is 9.59 Å². The Morgan fingerprint density at radius 2 is 1.89 bits per heavy atom. The number of ether oxygens (including phenoxy) is 1. The van der Waals surface area contributed by atoms with E-state index in [0.717, 1.165) is 0 Å². The van der Waals surface area contributed by atoms with Gasteiger partial charge in [-0.1, -0.05) is 37.3 Å². The van der Waals surface area contributed by atoms with Crippen molar-refractivity contribution >= 4 is 18.0 Å². The molecule has 0 unspecified atom stereocenters. The van der Waals surface area contributed by atoms with Crippen molar-refractivity contribution in [3.05, 3.63) is 35.9 Å². The summed E-state index contributed by atoms with van der Waals surface area (Å²) in [4.78, 5) is 34.3. The maximum Gasteiger partial charge on any atom is 0.309 e. The van der Waals surface area contributed by atoms with Gasteiger partial charge in [-0.05, 0) is 0 Å². The van der Waals surface area contributed by atoms with E-state index in [2.05, 4.69) is 4.74 Å². The highest BCUT2D eigenvalue weighted by Crippen LogP contribution is 2.18. The van der Waals surface area contributed by atoms with E-state index in [0.29, 0.717) is 11.8 Å². The molecule has 0 bridgehead atoms. The summed E-state index contributed by atoms with van der Waals surface area (Å²) in [7, 11) is 1.25. The molecule has 0 saturated heterocycles. The standard InChI is InChI=1S/C14H16O4/c1-10(9-15)12(14(17)18-2)8-13(16)11-6-4-3-5-7-11/h3-7,9-10,12H,8H2,1-2H3/t10-,12-/m0/s1. The predicted octanol–water partition coefficient (Wildman–Crippen LogP) is 1.88. The van der Waals surface area contributed by atoms with E-state index in [4.69, 9.17) is 0 Å². The molecule has 0 N–H and O–H groups in total. The van der Waals surface area contributed by atoms with Crippen LogP contribution in [0.25, 0.3) is 0 Å². The highest BCUT2D eigenvalue weighted by Gasteiger charge is 2.28. The van der Waals surface area contributed by atoms with Crippen LogP contribution in [0.2, 0.25) is 0 Å². The van der Waals surface area contributed by atoms with E-state index in [1.807, 2.05) is 6.07 Å². The molecule has 1 aromatic carbocycles. The summed E-state index contributed by atoms with van der Waals surface area (Å²) in [6.45, 7) is 1.60. The van der Waals surface area contributed by atoms with Gasteiger partial charge in [0.1, 0.15) is 6.29 Å². The lowest BCUT2D eigenvalue weighted by molar-refractivity contribution is -0.148. The molecule has 0 heterocycles. The van der Waals surface area contributed by atoms with Crippen LogP contribution >= 0.6 is 0 Å². The number of benzene rings is 1. The number of esters is 1. The Morgan fingerprint density at radius 3 is 2.39 bits per heavy atom. The van der Waals surface area contributed by atoms with Crippen molar-refractivity contribution < 1.29 is 19.1 Å². The second-order valence-corrected chi connectivity index (χ2v) is 4.12. The highest BCUT2D eigenvalue weighted by molar-refractivity contribution is 5.98. The number of hydrogen-bond donors (Lipinski definition) is 0. The molecule has 0 fully saturated rings. The lowest BCUT2D eigenvalue weighted by Crippen LogP contribution is -2.27. The summed E-state index contributed by atoms with van der Waals surface area (Å²) < 4.78 is 4.62. The second-order valence-electron chi connectivity index (χ2n) is 4.12. The molecule has 4 heteroatoms. The second kappa shape index (κ2) is 6.69. The van der Waals surface area contributed by atoms with E-state index in [9.17, 15) is 14.4 Å². The molecule has 96 valence electrons. The van der Waals surface area contributed by atoms with E-state index in [1.54, 1.807) is 31.2 Å². The Morgan fingerprint density at radius 1 is 1.28 bits per heavy atom. The molecule has 1 aromatic rings. The number of aldehydes is 1. The fourth-order valence-electron chi connectivity index (χ4n) is 1.67. The summed E-state index contributed by atoms with van der Waals surface area (Å²) in [5.41, 5.74) is 0.532. The number of methoxy groups -OCH3 is 1. The minimum Gasteiger partial charge on any atom is -0.469 e. The predicted molar refractivity (Wildman–Crippen MR) is 66.1 cm³/mol. The molecule has 0 aromatic heterocycles. The first-order valence-electron chi connectivity index (χ1n) is 5.71. The fraction of sp³-hybridized carbons (Fsp3) is 0.357. The number of ketones is 1. The summed E-state index contributed by atoms with van der Waals surface area (Å²) in [6.07, 6.45) is 0.649. The summed E-state index contributed by atoms with van der Waals surface area (Å²) in [5, 5.41) is 0. The van der Waals surface area contributed by atoms with Crippen molar-refractivity contribution in [2.24, 2.45) is 11.8 Å². The average molecular weight is 248 g/mol. The molecule has 0 aliphatic rings. The van der Waals surface area contributed by atoms with Gasteiger partial charge in [0.05, 0.1) is 13.0 Å². The van der Waals surface area contributed by atoms with Crippen LogP contribution in [0.1, 0.15) is 23.7 Å². The Kier molecular flexibility index (Phi) is 5.24. The number of carbonyl (C=O) groups excluding carboxylic acids is 3. The maximum atomic E-state index is 12.0. The van der Waals surface area contributed by atoms with Crippen LogP contribution in [0.4, 0.5) is 0 Å². The van der Waals surface area contributed by atoms with Crippen molar-refractivity contribution in [3.63, 3.8) is 0 Å². The molecular formula is C14H16O4. The Balaban J connectivity index is 2.81. The van der Waals surface area contributed by atoms with Crippen LogP contribution in [0.15, 0.2) is 30.3 Å². The van der Waals surface area contributed by atoms with Crippen molar-refractivity contribution in [1.29, 1.82) is 0 Å². The quantitative estimate of drug-likeness (QED) is 0.438. The van der Waals surface area contributed by atoms with Crippen molar-refractivity contribution in [3.8, 4) is 0 Å². The minimum absolute atomic E-state index is 0.0173. The van der Waals surface area contributed by atoms with Gasteiger partial charge >= 0.3 is 5.97 Å². The molecule has 0 spiro atoms. The average Bonchev–Trinajstić information content (AvgIpc) is 2.43. The zero-order valence-corrected chi connectivity index (χ0v) is 10.5. The molecule has 0 aliphatic carbocycles. The summed E-state index contributed by atoms with van der Waals surface area (Å²) in [6, 6.07) is 8.68. The van der Waals surface area contributed by atoms with Crippen LogP contribution in [0, 0.1) is 11.8 Å². The minimum atomic E-state index is -0.722. The van der Waals surface area contributed by atoms with E-state index in [-0.39, 0.29) is 12.2 Å². The van der Waals surface area contributed by atoms with Crippen LogP contribution in [-0.2, 0) is 14.3 Å². The van der Waals surface area contributed by atoms with Gasteiger partial charge in [-0.15, -0.1) is 0 Å².